The third-order valence-electron chi connectivity index (χ3n) is 5.96. The van der Waals surface area contributed by atoms with Crippen molar-refractivity contribution < 1.29 is 14.3 Å². The molecule has 1 fully saturated rings. The zero-order valence-electron chi connectivity index (χ0n) is 19.7. The fourth-order valence-electron chi connectivity index (χ4n) is 4.40. The number of imidazole rings is 1. The predicted molar refractivity (Wildman–Crippen MR) is 127 cm³/mol. The molecule has 3 atom stereocenters. The van der Waals surface area contributed by atoms with Crippen LogP contribution in [0.5, 0.6) is 5.75 Å². The van der Waals surface area contributed by atoms with E-state index in [0.717, 1.165) is 36.8 Å². The molecule has 1 aliphatic rings. The number of morpholine rings is 1. The molecule has 174 valence electrons. The Bertz CT molecular complexity index is 1050. The number of benzene rings is 2. The molecule has 7 heteroatoms. The molecule has 1 N–H and O–H groups in total. The van der Waals surface area contributed by atoms with Crippen molar-refractivity contribution in [2.24, 2.45) is 7.05 Å². The van der Waals surface area contributed by atoms with Gasteiger partial charge in [-0.15, -0.1) is 0 Å². The number of methoxy groups -OCH3 is 1. The van der Waals surface area contributed by atoms with E-state index in [1.54, 1.807) is 13.3 Å². The van der Waals surface area contributed by atoms with E-state index in [0.29, 0.717) is 5.56 Å². The van der Waals surface area contributed by atoms with Crippen LogP contribution in [0.2, 0.25) is 0 Å². The molecule has 0 radical (unpaired) electrons. The molecule has 0 aliphatic carbocycles. The fraction of sp³-hybridized carbons (Fsp3) is 0.385. The molecule has 0 spiro atoms. The molecule has 33 heavy (non-hydrogen) atoms. The maximum Gasteiger partial charge on any atom is 0.252 e. The van der Waals surface area contributed by atoms with Gasteiger partial charge in [0.25, 0.3) is 5.91 Å². The van der Waals surface area contributed by atoms with Crippen LogP contribution in [0.3, 0.4) is 0 Å². The van der Waals surface area contributed by atoms with Crippen molar-refractivity contribution in [2.75, 3.05) is 20.2 Å². The second-order valence-corrected chi connectivity index (χ2v) is 8.72. The summed E-state index contributed by atoms with van der Waals surface area (Å²) >= 11 is 0. The summed E-state index contributed by atoms with van der Waals surface area (Å²) in [7, 11) is 3.56. The molecule has 0 saturated carbocycles. The van der Waals surface area contributed by atoms with E-state index in [2.05, 4.69) is 29.0 Å². The molecule has 1 amide bonds. The molecule has 1 aromatic heterocycles. The summed E-state index contributed by atoms with van der Waals surface area (Å²) in [6.07, 6.45) is 4.08. The van der Waals surface area contributed by atoms with Crippen LogP contribution in [-0.2, 0) is 18.3 Å². The maximum absolute atomic E-state index is 13.1. The number of nitrogens with one attached hydrogen (secondary N) is 1. The van der Waals surface area contributed by atoms with E-state index in [9.17, 15) is 4.79 Å². The van der Waals surface area contributed by atoms with E-state index in [-0.39, 0.29) is 24.2 Å². The highest BCUT2D eigenvalue weighted by molar-refractivity contribution is 5.94. The minimum Gasteiger partial charge on any atom is -0.497 e. The quantitative estimate of drug-likeness (QED) is 0.599. The van der Waals surface area contributed by atoms with Gasteiger partial charge < -0.3 is 19.4 Å². The summed E-state index contributed by atoms with van der Waals surface area (Å²) in [5.41, 5.74) is 2.74. The number of carbonyl (C=O) groups is 1. The highest BCUT2D eigenvalue weighted by atomic mass is 16.5. The Morgan fingerprint density at radius 2 is 1.79 bits per heavy atom. The molecule has 2 heterocycles. The van der Waals surface area contributed by atoms with E-state index in [1.165, 1.54) is 5.56 Å². The van der Waals surface area contributed by atoms with Crippen molar-refractivity contribution in [1.82, 2.24) is 19.8 Å². The third kappa shape index (κ3) is 5.61. The topological polar surface area (TPSA) is 68.6 Å². The largest absolute Gasteiger partial charge is 0.497 e. The molecule has 7 nitrogen and oxygen atoms in total. The number of ether oxygens (including phenoxy) is 2. The summed E-state index contributed by atoms with van der Waals surface area (Å²) in [5.74, 6) is 1.39. The first-order chi connectivity index (χ1) is 15.9. The number of carbonyl (C=O) groups excluding carboxylic acids is 1. The minimum absolute atomic E-state index is 0.140. The van der Waals surface area contributed by atoms with Crippen LogP contribution in [0.25, 0.3) is 0 Å². The summed E-state index contributed by atoms with van der Waals surface area (Å²) < 4.78 is 13.0. The van der Waals surface area contributed by atoms with E-state index in [4.69, 9.17) is 9.47 Å². The van der Waals surface area contributed by atoms with Crippen molar-refractivity contribution in [3.63, 3.8) is 0 Å². The number of nitrogens with zero attached hydrogens (tertiary/aromatic N) is 3. The van der Waals surface area contributed by atoms with Gasteiger partial charge in [0.1, 0.15) is 17.6 Å². The molecule has 3 aromatic rings. The van der Waals surface area contributed by atoms with Crippen molar-refractivity contribution >= 4 is 5.91 Å². The van der Waals surface area contributed by atoms with Gasteiger partial charge in [0.05, 0.1) is 19.3 Å². The molecule has 0 bridgehead atoms. The Morgan fingerprint density at radius 3 is 2.36 bits per heavy atom. The smallest absolute Gasteiger partial charge is 0.252 e. The molecular formula is C26H32N4O3. The molecule has 2 aromatic carbocycles. The SMILES string of the molecule is COc1ccc(C(NC(=O)c2ccc(CN3CC(C)OC(C)C3)cc2)c2nccn2C)cc1. The first kappa shape index (κ1) is 23.0. The van der Waals surface area contributed by atoms with Crippen molar-refractivity contribution in [3.05, 3.63) is 83.4 Å². The van der Waals surface area contributed by atoms with Crippen molar-refractivity contribution in [2.45, 2.75) is 38.6 Å². The van der Waals surface area contributed by atoms with Gasteiger partial charge in [-0.2, -0.15) is 0 Å². The first-order valence-electron chi connectivity index (χ1n) is 11.3. The number of amides is 1. The van der Waals surface area contributed by atoms with Gasteiger partial charge >= 0.3 is 0 Å². The number of aryl methyl sites for hydroxylation is 1. The van der Waals surface area contributed by atoms with Crippen LogP contribution in [-0.4, -0.2) is 52.8 Å². The molecular weight excluding hydrogens is 416 g/mol. The lowest BCUT2D eigenvalue weighted by molar-refractivity contribution is -0.0704. The van der Waals surface area contributed by atoms with Crippen LogP contribution in [0.4, 0.5) is 0 Å². The van der Waals surface area contributed by atoms with Gasteiger partial charge in [-0.25, -0.2) is 4.98 Å². The zero-order valence-corrected chi connectivity index (χ0v) is 19.7. The average molecular weight is 449 g/mol. The second-order valence-electron chi connectivity index (χ2n) is 8.72. The highest BCUT2D eigenvalue weighted by Crippen LogP contribution is 2.24. The summed E-state index contributed by atoms with van der Waals surface area (Å²) in [6, 6.07) is 15.1. The third-order valence-corrected chi connectivity index (χ3v) is 5.96. The monoisotopic (exact) mass is 448 g/mol. The molecule has 1 saturated heterocycles. The highest BCUT2D eigenvalue weighted by Gasteiger charge is 2.23. The lowest BCUT2D eigenvalue weighted by Gasteiger charge is -2.35. The van der Waals surface area contributed by atoms with Crippen LogP contribution in [0, 0.1) is 0 Å². The lowest BCUT2D eigenvalue weighted by atomic mass is 10.0. The van der Waals surface area contributed by atoms with Gasteiger partial charge in [-0.05, 0) is 49.2 Å². The van der Waals surface area contributed by atoms with Gasteiger partial charge in [0.2, 0.25) is 0 Å². The van der Waals surface area contributed by atoms with E-state index >= 15 is 0 Å². The van der Waals surface area contributed by atoms with Crippen molar-refractivity contribution in [3.8, 4) is 5.75 Å². The van der Waals surface area contributed by atoms with Crippen LogP contribution in [0.15, 0.2) is 60.9 Å². The predicted octanol–water partition coefficient (Wildman–Crippen LogP) is 3.56. The Hall–Kier alpha value is -3.16. The van der Waals surface area contributed by atoms with Crippen LogP contribution in [0.1, 0.15) is 47.2 Å². The van der Waals surface area contributed by atoms with Crippen LogP contribution < -0.4 is 10.1 Å². The molecule has 1 aliphatic heterocycles. The van der Waals surface area contributed by atoms with E-state index in [1.807, 2.05) is 66.3 Å². The first-order valence-corrected chi connectivity index (χ1v) is 11.3. The normalized spacial score (nSPS) is 19.8. The van der Waals surface area contributed by atoms with Crippen molar-refractivity contribution in [1.29, 1.82) is 0 Å². The van der Waals surface area contributed by atoms with Crippen LogP contribution >= 0.6 is 0 Å². The lowest BCUT2D eigenvalue weighted by Crippen LogP contribution is -2.44. The molecule has 4 rings (SSSR count). The number of rotatable bonds is 7. The Labute approximate surface area is 195 Å². The second kappa shape index (κ2) is 10.2. The number of hydrogen-bond donors (Lipinski definition) is 1. The van der Waals surface area contributed by atoms with E-state index < -0.39 is 0 Å². The van der Waals surface area contributed by atoms with Gasteiger partial charge in [-0.1, -0.05) is 24.3 Å². The standard InChI is InChI=1S/C26H32N4O3/c1-18-15-30(16-19(2)33-18)17-20-5-7-22(8-6-20)26(31)28-24(25-27-13-14-29(25)3)21-9-11-23(32-4)12-10-21/h5-14,18-19,24H,15-17H2,1-4H3,(H,28,31). The summed E-state index contributed by atoms with van der Waals surface area (Å²) in [5, 5.41) is 3.15. The van der Waals surface area contributed by atoms with Gasteiger partial charge in [0, 0.05) is 44.6 Å². The Kier molecular flexibility index (Phi) is 7.11. The summed E-state index contributed by atoms with van der Waals surface area (Å²) in [6.45, 7) is 6.90. The number of aromatic nitrogens is 2. The Morgan fingerprint density at radius 1 is 1.12 bits per heavy atom. The van der Waals surface area contributed by atoms with Gasteiger partial charge in [0.15, 0.2) is 0 Å². The zero-order chi connectivity index (χ0) is 23.4. The van der Waals surface area contributed by atoms with Gasteiger partial charge in [-0.3, -0.25) is 9.69 Å². The minimum atomic E-state index is -0.376. The average Bonchev–Trinajstić information content (AvgIpc) is 3.23. The Balaban J connectivity index is 1.48. The molecule has 3 unspecified atom stereocenters. The summed E-state index contributed by atoms with van der Waals surface area (Å²) in [4.78, 5) is 20.0. The number of hydrogen-bond acceptors (Lipinski definition) is 5. The maximum atomic E-state index is 13.1. The fourth-order valence-corrected chi connectivity index (χ4v) is 4.40.